The fourth-order valence-corrected chi connectivity index (χ4v) is 2.35. The summed E-state index contributed by atoms with van der Waals surface area (Å²) in [4.78, 5) is 44.5. The number of hydrogen-bond donors (Lipinski definition) is 4. The molecule has 0 bridgehead atoms. The summed E-state index contributed by atoms with van der Waals surface area (Å²) in [5.41, 5.74) is 11.0. The number of carbonyl (C=O) groups is 3. The second-order valence-electron chi connectivity index (χ2n) is 5.55. The summed E-state index contributed by atoms with van der Waals surface area (Å²) in [7, 11) is 0. The summed E-state index contributed by atoms with van der Waals surface area (Å²) in [6.45, 7) is 0.268. The highest BCUT2D eigenvalue weighted by Crippen LogP contribution is 2.22. The van der Waals surface area contributed by atoms with E-state index in [2.05, 4.69) is 10.6 Å². The monoisotopic (exact) mass is 371 g/mol. The van der Waals surface area contributed by atoms with Crippen molar-refractivity contribution in [2.24, 2.45) is 11.5 Å². The van der Waals surface area contributed by atoms with Crippen LogP contribution in [0.1, 0.15) is 26.3 Å². The van der Waals surface area contributed by atoms with Crippen molar-refractivity contribution in [3.05, 3.63) is 69.3 Å². The number of hydrogen-bond acceptors (Lipinski definition) is 5. The Labute approximate surface area is 153 Å². The topological polar surface area (TPSA) is 170 Å². The molecule has 140 valence electrons. The molecule has 0 saturated heterocycles. The van der Waals surface area contributed by atoms with Gasteiger partial charge in [-0.3, -0.25) is 19.7 Å². The molecule has 4 amide bonds. The number of carbonyl (C=O) groups excluding carboxylic acids is 3. The Morgan fingerprint density at radius 1 is 1.04 bits per heavy atom. The second-order valence-corrected chi connectivity index (χ2v) is 5.55. The van der Waals surface area contributed by atoms with Crippen molar-refractivity contribution in [2.75, 3.05) is 11.9 Å². The number of nitrogens with two attached hydrogens (primary N) is 2. The van der Waals surface area contributed by atoms with Crippen molar-refractivity contribution in [3.63, 3.8) is 0 Å². The van der Waals surface area contributed by atoms with Gasteiger partial charge in [0.25, 0.3) is 11.6 Å². The molecule has 10 nitrogen and oxygen atoms in total. The number of urea groups is 1. The van der Waals surface area contributed by atoms with Crippen LogP contribution in [0.25, 0.3) is 0 Å². The quantitative estimate of drug-likeness (QED) is 0.422. The first-order chi connectivity index (χ1) is 12.8. The first kappa shape index (κ1) is 19.4. The van der Waals surface area contributed by atoms with Crippen LogP contribution in [0.4, 0.5) is 16.2 Å². The summed E-state index contributed by atoms with van der Waals surface area (Å²) in [5.74, 6) is -1.51. The van der Waals surface area contributed by atoms with E-state index in [1.54, 1.807) is 24.3 Å². The number of nitro groups is 1. The van der Waals surface area contributed by atoms with Crippen molar-refractivity contribution in [3.8, 4) is 0 Å². The minimum atomic E-state index is -0.972. The summed E-state index contributed by atoms with van der Waals surface area (Å²) >= 11 is 0. The van der Waals surface area contributed by atoms with Crippen LogP contribution in [0.2, 0.25) is 0 Å². The number of primary amides is 2. The summed E-state index contributed by atoms with van der Waals surface area (Å²) in [6, 6.07) is 9.67. The zero-order valence-electron chi connectivity index (χ0n) is 14.1. The summed E-state index contributed by atoms with van der Waals surface area (Å²) in [6.07, 6.45) is 0.460. The van der Waals surface area contributed by atoms with Crippen LogP contribution < -0.4 is 22.1 Å². The average Bonchev–Trinajstić information content (AvgIpc) is 2.61. The van der Waals surface area contributed by atoms with E-state index in [-0.39, 0.29) is 17.8 Å². The zero-order valence-corrected chi connectivity index (χ0v) is 14.1. The average molecular weight is 371 g/mol. The lowest BCUT2D eigenvalue weighted by Gasteiger charge is -2.09. The SMILES string of the molecule is NC(=O)c1cccc(CCNC(=O)Nc2ccc([N+](=O)[O-])c(C(N)=O)c2)c1. The molecule has 2 aromatic rings. The van der Waals surface area contributed by atoms with Crippen molar-refractivity contribution >= 4 is 29.2 Å². The van der Waals surface area contributed by atoms with Gasteiger partial charge in [-0.05, 0) is 36.2 Å². The molecule has 2 aromatic carbocycles. The van der Waals surface area contributed by atoms with Crippen LogP contribution in [0.15, 0.2) is 42.5 Å². The number of nitrogens with zero attached hydrogens (tertiary/aromatic N) is 1. The van der Waals surface area contributed by atoms with Gasteiger partial charge in [0, 0.05) is 23.9 Å². The van der Waals surface area contributed by atoms with E-state index in [4.69, 9.17) is 11.5 Å². The predicted octanol–water partition coefficient (Wildman–Crippen LogP) is 1.16. The maximum Gasteiger partial charge on any atom is 0.319 e. The molecule has 0 heterocycles. The molecule has 0 aliphatic rings. The molecule has 0 aromatic heterocycles. The number of anilines is 1. The van der Waals surface area contributed by atoms with E-state index >= 15 is 0 Å². The predicted molar refractivity (Wildman–Crippen MR) is 97.3 cm³/mol. The lowest BCUT2D eigenvalue weighted by molar-refractivity contribution is -0.385. The molecular weight excluding hydrogens is 354 g/mol. The van der Waals surface area contributed by atoms with Gasteiger partial charge >= 0.3 is 6.03 Å². The van der Waals surface area contributed by atoms with E-state index in [0.717, 1.165) is 17.7 Å². The Kier molecular flexibility index (Phi) is 6.05. The Morgan fingerprint density at radius 2 is 1.78 bits per heavy atom. The third-order valence-corrected chi connectivity index (χ3v) is 3.63. The van der Waals surface area contributed by atoms with Gasteiger partial charge in [0.15, 0.2) is 0 Å². The van der Waals surface area contributed by atoms with Gasteiger partial charge in [0.1, 0.15) is 5.56 Å². The number of nitrogens with one attached hydrogen (secondary N) is 2. The Hall–Kier alpha value is -3.95. The second kappa shape index (κ2) is 8.43. The molecule has 6 N–H and O–H groups in total. The smallest absolute Gasteiger partial charge is 0.319 e. The molecule has 0 unspecified atom stereocenters. The van der Waals surface area contributed by atoms with Gasteiger partial charge in [-0.15, -0.1) is 0 Å². The Morgan fingerprint density at radius 3 is 2.41 bits per heavy atom. The van der Waals surface area contributed by atoms with Crippen molar-refractivity contribution < 1.29 is 19.3 Å². The number of amides is 4. The van der Waals surface area contributed by atoms with Crippen LogP contribution in [0.5, 0.6) is 0 Å². The lowest BCUT2D eigenvalue weighted by atomic mass is 10.1. The molecule has 0 radical (unpaired) electrons. The van der Waals surface area contributed by atoms with Gasteiger partial charge in [0.2, 0.25) is 5.91 Å². The highest BCUT2D eigenvalue weighted by molar-refractivity contribution is 5.99. The van der Waals surface area contributed by atoms with Gasteiger partial charge in [-0.2, -0.15) is 0 Å². The molecule has 10 heteroatoms. The van der Waals surface area contributed by atoms with E-state index in [1.165, 1.54) is 6.07 Å². The molecule has 2 rings (SSSR count). The Bertz CT molecular complexity index is 912. The molecule has 0 spiro atoms. The third kappa shape index (κ3) is 5.26. The van der Waals surface area contributed by atoms with Gasteiger partial charge in [-0.1, -0.05) is 12.1 Å². The summed E-state index contributed by atoms with van der Waals surface area (Å²) in [5, 5.41) is 15.9. The van der Waals surface area contributed by atoms with Crippen LogP contribution >= 0.6 is 0 Å². The van der Waals surface area contributed by atoms with Gasteiger partial charge < -0.3 is 22.1 Å². The molecule has 0 atom stereocenters. The standard InChI is InChI=1S/C17H17N5O5/c18-15(23)11-3-1-2-10(8-11)6-7-20-17(25)21-12-4-5-14(22(26)27)13(9-12)16(19)24/h1-5,8-9H,6-7H2,(H2,18,23)(H2,19,24)(H2,20,21,25). The summed E-state index contributed by atoms with van der Waals surface area (Å²) < 4.78 is 0. The largest absolute Gasteiger partial charge is 0.366 e. The highest BCUT2D eigenvalue weighted by atomic mass is 16.6. The first-order valence-corrected chi connectivity index (χ1v) is 7.79. The molecule has 0 saturated carbocycles. The van der Waals surface area contributed by atoms with Gasteiger partial charge in [0.05, 0.1) is 4.92 Å². The normalized spacial score (nSPS) is 10.1. The van der Waals surface area contributed by atoms with Crippen LogP contribution in [-0.2, 0) is 6.42 Å². The van der Waals surface area contributed by atoms with E-state index in [9.17, 15) is 24.5 Å². The maximum atomic E-state index is 11.9. The maximum absolute atomic E-state index is 11.9. The van der Waals surface area contributed by atoms with Crippen molar-refractivity contribution in [1.29, 1.82) is 0 Å². The molecule has 0 aliphatic carbocycles. The van der Waals surface area contributed by atoms with E-state index < -0.39 is 28.5 Å². The number of benzene rings is 2. The highest BCUT2D eigenvalue weighted by Gasteiger charge is 2.19. The van der Waals surface area contributed by atoms with Crippen LogP contribution in [0, 0.1) is 10.1 Å². The minimum Gasteiger partial charge on any atom is -0.366 e. The number of rotatable bonds is 7. The molecule has 0 fully saturated rings. The molecule has 27 heavy (non-hydrogen) atoms. The van der Waals surface area contributed by atoms with Crippen LogP contribution in [0.3, 0.4) is 0 Å². The van der Waals surface area contributed by atoms with Crippen LogP contribution in [-0.4, -0.2) is 29.3 Å². The Balaban J connectivity index is 1.95. The first-order valence-electron chi connectivity index (χ1n) is 7.79. The lowest BCUT2D eigenvalue weighted by Crippen LogP contribution is -2.30. The zero-order chi connectivity index (χ0) is 20.0. The number of nitro benzene ring substituents is 1. The fraction of sp³-hybridized carbons (Fsp3) is 0.118. The minimum absolute atomic E-state index is 0.183. The molecular formula is C17H17N5O5. The van der Waals surface area contributed by atoms with E-state index in [0.29, 0.717) is 12.0 Å². The van der Waals surface area contributed by atoms with E-state index in [1.807, 2.05) is 0 Å². The third-order valence-electron chi connectivity index (χ3n) is 3.63. The van der Waals surface area contributed by atoms with Crippen molar-refractivity contribution in [2.45, 2.75) is 6.42 Å². The molecule has 0 aliphatic heterocycles. The van der Waals surface area contributed by atoms with Gasteiger partial charge in [-0.25, -0.2) is 4.79 Å². The fourth-order valence-electron chi connectivity index (χ4n) is 2.35. The van der Waals surface area contributed by atoms with Crippen molar-refractivity contribution in [1.82, 2.24) is 5.32 Å².